The number of halogens is 2. The Kier molecular flexibility index (Phi) is 5.75. The highest BCUT2D eigenvalue weighted by Gasteiger charge is 2.18. The van der Waals surface area contributed by atoms with Crippen LogP contribution in [0.1, 0.15) is 12.5 Å². The van der Waals surface area contributed by atoms with E-state index in [4.69, 9.17) is 5.11 Å². The second-order valence-corrected chi connectivity index (χ2v) is 4.87. The molecule has 0 heterocycles. The highest BCUT2D eigenvalue weighted by molar-refractivity contribution is 7.98. The van der Waals surface area contributed by atoms with Gasteiger partial charge in [-0.15, -0.1) is 0 Å². The van der Waals surface area contributed by atoms with Gasteiger partial charge in [-0.3, -0.25) is 4.79 Å². The normalized spacial score (nSPS) is 11.9. The molecule has 4 nitrogen and oxygen atoms in total. The summed E-state index contributed by atoms with van der Waals surface area (Å²) in [5, 5.41) is 11.1. The highest BCUT2D eigenvalue weighted by atomic mass is 32.2. The lowest BCUT2D eigenvalue weighted by atomic mass is 10.2. The number of benzene rings is 1. The number of carbonyl (C=O) groups excluding carboxylic acids is 1. The molecular formula is C12H13F2NO3S. The Bertz CT molecular complexity index is 482. The van der Waals surface area contributed by atoms with E-state index in [9.17, 15) is 18.4 Å². The maximum atomic E-state index is 13.3. The molecule has 19 heavy (non-hydrogen) atoms. The van der Waals surface area contributed by atoms with E-state index in [0.717, 1.165) is 23.9 Å². The van der Waals surface area contributed by atoms with Gasteiger partial charge in [-0.2, -0.15) is 11.8 Å². The summed E-state index contributed by atoms with van der Waals surface area (Å²) in [6.07, 6.45) is 0. The fourth-order valence-electron chi connectivity index (χ4n) is 1.35. The minimum absolute atomic E-state index is 0.103. The zero-order valence-corrected chi connectivity index (χ0v) is 11.0. The molecule has 0 bridgehead atoms. The number of carbonyl (C=O) groups is 2. The highest BCUT2D eigenvalue weighted by Crippen LogP contribution is 2.17. The van der Waals surface area contributed by atoms with Gasteiger partial charge in [-0.1, -0.05) is 6.07 Å². The van der Waals surface area contributed by atoms with Gasteiger partial charge in [0.1, 0.15) is 17.7 Å². The van der Waals surface area contributed by atoms with Crippen LogP contribution < -0.4 is 5.32 Å². The van der Waals surface area contributed by atoms with Gasteiger partial charge in [-0.05, 0) is 11.6 Å². The number of rotatable bonds is 6. The molecule has 0 aliphatic heterocycles. The van der Waals surface area contributed by atoms with Crippen molar-refractivity contribution in [2.75, 3.05) is 5.75 Å². The van der Waals surface area contributed by atoms with E-state index >= 15 is 0 Å². The number of hydrogen-bond donors (Lipinski definition) is 2. The maximum absolute atomic E-state index is 13.3. The quantitative estimate of drug-likeness (QED) is 0.838. The average Bonchev–Trinajstić information content (AvgIpc) is 2.29. The summed E-state index contributed by atoms with van der Waals surface area (Å²) < 4.78 is 26.0. The second kappa shape index (κ2) is 7.08. The number of amides is 1. The zero-order chi connectivity index (χ0) is 14.4. The molecule has 1 amide bonds. The average molecular weight is 289 g/mol. The molecular weight excluding hydrogens is 276 g/mol. The van der Waals surface area contributed by atoms with Crippen molar-refractivity contribution in [2.45, 2.75) is 18.7 Å². The van der Waals surface area contributed by atoms with Crippen molar-refractivity contribution in [3.63, 3.8) is 0 Å². The van der Waals surface area contributed by atoms with Crippen LogP contribution in [-0.2, 0) is 15.3 Å². The number of nitrogens with one attached hydrogen (secondary N) is 1. The predicted molar refractivity (Wildman–Crippen MR) is 67.8 cm³/mol. The SMILES string of the molecule is CC(=O)NC(CSCc1ccc(F)cc1F)C(=O)O. The smallest absolute Gasteiger partial charge is 0.327 e. The minimum atomic E-state index is -1.15. The Hall–Kier alpha value is -1.63. The molecule has 0 fully saturated rings. The first kappa shape index (κ1) is 15.4. The zero-order valence-electron chi connectivity index (χ0n) is 10.2. The number of carboxylic acid groups (broad SMARTS) is 1. The molecule has 7 heteroatoms. The van der Waals surface area contributed by atoms with Gasteiger partial charge in [0.25, 0.3) is 0 Å². The summed E-state index contributed by atoms with van der Waals surface area (Å²) in [7, 11) is 0. The van der Waals surface area contributed by atoms with Crippen LogP contribution in [0.3, 0.4) is 0 Å². The van der Waals surface area contributed by atoms with Crippen LogP contribution in [0.5, 0.6) is 0 Å². The third-order valence-corrected chi connectivity index (χ3v) is 3.32. The molecule has 0 aliphatic carbocycles. The Morgan fingerprint density at radius 3 is 2.63 bits per heavy atom. The Morgan fingerprint density at radius 2 is 2.11 bits per heavy atom. The predicted octanol–water partition coefficient (Wildman–Crippen LogP) is 1.79. The summed E-state index contributed by atoms with van der Waals surface area (Å²) in [5.74, 6) is -2.61. The first-order chi connectivity index (χ1) is 8.90. The van der Waals surface area contributed by atoms with Crippen LogP contribution in [0.25, 0.3) is 0 Å². The Labute approximate surface area is 113 Å². The molecule has 104 valence electrons. The van der Waals surface area contributed by atoms with Crippen molar-refractivity contribution < 1.29 is 23.5 Å². The van der Waals surface area contributed by atoms with Crippen LogP contribution in [0.2, 0.25) is 0 Å². The van der Waals surface area contributed by atoms with Crippen LogP contribution in [0.4, 0.5) is 8.78 Å². The van der Waals surface area contributed by atoms with Gasteiger partial charge in [0, 0.05) is 24.5 Å². The van der Waals surface area contributed by atoms with E-state index in [1.54, 1.807) is 0 Å². The lowest BCUT2D eigenvalue weighted by Crippen LogP contribution is -2.41. The van der Waals surface area contributed by atoms with Gasteiger partial charge in [0.15, 0.2) is 0 Å². The molecule has 0 saturated carbocycles. The minimum Gasteiger partial charge on any atom is -0.480 e. The van der Waals surface area contributed by atoms with E-state index in [0.29, 0.717) is 5.56 Å². The number of hydrogen-bond acceptors (Lipinski definition) is 3. The number of aliphatic carboxylic acids is 1. The fourth-order valence-corrected chi connectivity index (χ4v) is 2.38. The van der Waals surface area contributed by atoms with E-state index < -0.39 is 29.6 Å². The lowest BCUT2D eigenvalue weighted by molar-refractivity contribution is -0.140. The molecule has 0 aliphatic rings. The van der Waals surface area contributed by atoms with Crippen molar-refractivity contribution in [1.82, 2.24) is 5.32 Å². The second-order valence-electron chi connectivity index (χ2n) is 3.84. The van der Waals surface area contributed by atoms with E-state index in [1.807, 2.05) is 0 Å². The molecule has 1 aromatic rings. The van der Waals surface area contributed by atoms with Crippen molar-refractivity contribution in [3.05, 3.63) is 35.4 Å². The van der Waals surface area contributed by atoms with Gasteiger partial charge in [0.05, 0.1) is 0 Å². The monoisotopic (exact) mass is 289 g/mol. The van der Waals surface area contributed by atoms with Crippen LogP contribution >= 0.6 is 11.8 Å². The maximum Gasteiger partial charge on any atom is 0.327 e. The van der Waals surface area contributed by atoms with Crippen LogP contribution in [0.15, 0.2) is 18.2 Å². The van der Waals surface area contributed by atoms with Crippen molar-refractivity contribution in [3.8, 4) is 0 Å². The Morgan fingerprint density at radius 1 is 1.42 bits per heavy atom. The molecule has 1 rings (SSSR count). The third kappa shape index (κ3) is 5.25. The summed E-state index contributed by atoms with van der Waals surface area (Å²) in [5.41, 5.74) is 0.290. The molecule has 1 aromatic carbocycles. The van der Waals surface area contributed by atoms with E-state index in [2.05, 4.69) is 5.32 Å². The van der Waals surface area contributed by atoms with Gasteiger partial charge in [-0.25, -0.2) is 13.6 Å². The standard InChI is InChI=1S/C12H13F2NO3S/c1-7(16)15-11(12(17)18)6-19-5-8-2-3-9(13)4-10(8)14/h2-4,11H,5-6H2,1H3,(H,15,16)(H,17,18). The molecule has 2 N–H and O–H groups in total. The first-order valence-electron chi connectivity index (χ1n) is 5.41. The summed E-state index contributed by atoms with van der Waals surface area (Å²) in [4.78, 5) is 21.6. The van der Waals surface area contributed by atoms with Gasteiger partial charge >= 0.3 is 5.97 Å². The number of carboxylic acids is 1. The molecule has 0 spiro atoms. The van der Waals surface area contributed by atoms with Gasteiger partial charge < -0.3 is 10.4 Å². The van der Waals surface area contributed by atoms with Gasteiger partial charge in [0.2, 0.25) is 5.91 Å². The third-order valence-electron chi connectivity index (χ3n) is 2.23. The van der Waals surface area contributed by atoms with Crippen molar-refractivity contribution >= 4 is 23.6 Å². The fraction of sp³-hybridized carbons (Fsp3) is 0.333. The largest absolute Gasteiger partial charge is 0.480 e. The van der Waals surface area contributed by atoms with Crippen LogP contribution in [0, 0.1) is 11.6 Å². The molecule has 1 atom stereocenters. The number of thioether (sulfide) groups is 1. The summed E-state index contributed by atoms with van der Waals surface area (Å²) in [6, 6.07) is 2.21. The van der Waals surface area contributed by atoms with Crippen molar-refractivity contribution in [2.24, 2.45) is 0 Å². The first-order valence-corrected chi connectivity index (χ1v) is 6.57. The summed E-state index contributed by atoms with van der Waals surface area (Å²) in [6.45, 7) is 1.22. The molecule has 0 radical (unpaired) electrons. The molecule has 1 unspecified atom stereocenters. The Balaban J connectivity index is 2.52. The van der Waals surface area contributed by atoms with E-state index in [1.165, 1.54) is 13.0 Å². The van der Waals surface area contributed by atoms with E-state index in [-0.39, 0.29) is 11.5 Å². The topological polar surface area (TPSA) is 66.4 Å². The molecule has 0 aromatic heterocycles. The lowest BCUT2D eigenvalue weighted by Gasteiger charge is -2.12. The summed E-state index contributed by atoms with van der Waals surface area (Å²) >= 11 is 1.15. The molecule has 0 saturated heterocycles. The van der Waals surface area contributed by atoms with Crippen LogP contribution in [-0.4, -0.2) is 28.8 Å². The van der Waals surface area contributed by atoms with Crippen molar-refractivity contribution in [1.29, 1.82) is 0 Å².